The lowest BCUT2D eigenvalue weighted by Crippen LogP contribution is -2.38. The highest BCUT2D eigenvalue weighted by Gasteiger charge is 2.22. The monoisotopic (exact) mass is 514 g/mol. The average Bonchev–Trinajstić information content (AvgIpc) is 3.30. The van der Waals surface area contributed by atoms with E-state index >= 15 is 0 Å². The number of ether oxygens (including phenoxy) is 4. The second-order valence-corrected chi connectivity index (χ2v) is 9.05. The number of amides is 1. The molecule has 1 aromatic heterocycles. The van der Waals surface area contributed by atoms with E-state index in [1.165, 1.54) is 24.5 Å². The molecular weight excluding hydrogens is 487 g/mol. The van der Waals surface area contributed by atoms with E-state index in [1.807, 2.05) is 11.4 Å². The number of hydrazone groups is 1. The van der Waals surface area contributed by atoms with Crippen LogP contribution >= 0.6 is 11.3 Å². The van der Waals surface area contributed by atoms with Gasteiger partial charge in [0.2, 0.25) is 5.91 Å². The fourth-order valence-corrected chi connectivity index (χ4v) is 4.64. The Morgan fingerprint density at radius 1 is 1.14 bits per heavy atom. The molecule has 1 amide bonds. The standard InChI is InChI=1S/C26H27FN2O6S/c1-32-11-10-21(19-15-36-26-18(19)4-3-5-20(26)27)28-29-25(31)9-7-22(30)16-6-8-23(24(12-16)33-2)35-17-13-34-14-17/h3-6,8,12,15,17H,7,9-11,13-14H2,1-2H3,(H,29,31)/b28-21+. The molecule has 10 heteroatoms. The first-order valence-corrected chi connectivity index (χ1v) is 12.3. The summed E-state index contributed by atoms with van der Waals surface area (Å²) >= 11 is 1.28. The number of nitrogens with zero attached hydrogens (tertiary/aromatic N) is 1. The summed E-state index contributed by atoms with van der Waals surface area (Å²) in [6.07, 6.45) is 0.365. The van der Waals surface area contributed by atoms with Gasteiger partial charge < -0.3 is 18.9 Å². The van der Waals surface area contributed by atoms with Gasteiger partial charge in [-0.3, -0.25) is 9.59 Å². The number of nitrogens with one attached hydrogen (secondary N) is 1. The lowest BCUT2D eigenvalue weighted by molar-refractivity contribution is -0.121. The number of ketones is 1. The first-order valence-electron chi connectivity index (χ1n) is 11.5. The predicted molar refractivity (Wildman–Crippen MR) is 135 cm³/mol. The van der Waals surface area contributed by atoms with Gasteiger partial charge in [-0.15, -0.1) is 11.3 Å². The van der Waals surface area contributed by atoms with E-state index in [0.717, 1.165) is 10.9 Å². The molecule has 4 rings (SSSR count). The highest BCUT2D eigenvalue weighted by atomic mass is 32.1. The van der Waals surface area contributed by atoms with E-state index in [1.54, 1.807) is 31.4 Å². The van der Waals surface area contributed by atoms with Crippen LogP contribution in [0.3, 0.4) is 0 Å². The molecule has 2 heterocycles. The summed E-state index contributed by atoms with van der Waals surface area (Å²) in [5.74, 6) is 0.0827. The molecule has 0 spiro atoms. The van der Waals surface area contributed by atoms with Gasteiger partial charge in [-0.05, 0) is 24.3 Å². The number of benzene rings is 2. The third kappa shape index (κ3) is 6.07. The summed E-state index contributed by atoms with van der Waals surface area (Å²) in [6, 6.07) is 9.81. The van der Waals surface area contributed by atoms with Crippen molar-refractivity contribution in [2.75, 3.05) is 34.0 Å². The summed E-state index contributed by atoms with van der Waals surface area (Å²) in [5, 5.41) is 6.82. The number of hydrogen-bond acceptors (Lipinski definition) is 8. The van der Waals surface area contributed by atoms with E-state index in [-0.39, 0.29) is 30.5 Å². The maximum Gasteiger partial charge on any atom is 0.240 e. The minimum absolute atomic E-state index is 0.00116. The van der Waals surface area contributed by atoms with Crippen molar-refractivity contribution in [3.8, 4) is 11.5 Å². The number of carbonyl (C=O) groups is 2. The van der Waals surface area contributed by atoms with Gasteiger partial charge >= 0.3 is 0 Å². The second kappa shape index (κ2) is 12.1. The van der Waals surface area contributed by atoms with Crippen molar-refractivity contribution in [3.05, 3.63) is 58.7 Å². The van der Waals surface area contributed by atoms with E-state index in [2.05, 4.69) is 10.5 Å². The van der Waals surface area contributed by atoms with Crippen molar-refractivity contribution in [2.24, 2.45) is 5.10 Å². The minimum Gasteiger partial charge on any atom is -0.493 e. The van der Waals surface area contributed by atoms with Crippen molar-refractivity contribution in [3.63, 3.8) is 0 Å². The van der Waals surface area contributed by atoms with Crippen molar-refractivity contribution in [2.45, 2.75) is 25.4 Å². The van der Waals surface area contributed by atoms with Crippen molar-refractivity contribution >= 4 is 38.8 Å². The van der Waals surface area contributed by atoms with E-state index in [0.29, 0.717) is 53.7 Å². The van der Waals surface area contributed by atoms with E-state index in [4.69, 9.17) is 18.9 Å². The fourth-order valence-electron chi connectivity index (χ4n) is 3.65. The summed E-state index contributed by atoms with van der Waals surface area (Å²) in [5.41, 5.74) is 4.27. The Bertz CT molecular complexity index is 1270. The van der Waals surface area contributed by atoms with Crippen LogP contribution in [0.4, 0.5) is 4.39 Å². The lowest BCUT2D eigenvalue weighted by atomic mass is 10.1. The van der Waals surface area contributed by atoms with Crippen LogP contribution in [0.25, 0.3) is 10.1 Å². The van der Waals surface area contributed by atoms with Gasteiger partial charge in [-0.25, -0.2) is 9.82 Å². The first kappa shape index (κ1) is 25.7. The molecule has 8 nitrogen and oxygen atoms in total. The number of rotatable bonds is 12. The Morgan fingerprint density at radius 3 is 2.69 bits per heavy atom. The van der Waals surface area contributed by atoms with Crippen molar-refractivity contribution in [1.82, 2.24) is 5.43 Å². The zero-order chi connectivity index (χ0) is 25.5. The number of methoxy groups -OCH3 is 2. The largest absolute Gasteiger partial charge is 0.493 e. The highest BCUT2D eigenvalue weighted by Crippen LogP contribution is 2.31. The van der Waals surface area contributed by atoms with E-state index in [9.17, 15) is 14.0 Å². The van der Waals surface area contributed by atoms with Crippen LogP contribution in [0.5, 0.6) is 11.5 Å². The Hall–Kier alpha value is -3.34. The summed E-state index contributed by atoms with van der Waals surface area (Å²) in [6.45, 7) is 1.43. The Kier molecular flexibility index (Phi) is 8.63. The summed E-state index contributed by atoms with van der Waals surface area (Å²) in [7, 11) is 3.08. The van der Waals surface area contributed by atoms with Crippen LogP contribution in [0.1, 0.15) is 35.2 Å². The molecule has 1 N–H and O–H groups in total. The Labute approximate surface area is 212 Å². The topological polar surface area (TPSA) is 95.5 Å². The number of Topliss-reactive ketones (excluding diaryl/α,β-unsaturated/α-hetero) is 1. The molecule has 0 atom stereocenters. The maximum absolute atomic E-state index is 14.1. The second-order valence-electron chi connectivity index (χ2n) is 8.17. The van der Waals surface area contributed by atoms with E-state index < -0.39 is 5.91 Å². The molecule has 0 bridgehead atoms. The van der Waals surface area contributed by atoms with Gasteiger partial charge in [-0.2, -0.15) is 5.10 Å². The molecule has 190 valence electrons. The number of halogens is 1. The van der Waals surface area contributed by atoms with Crippen LogP contribution < -0.4 is 14.9 Å². The van der Waals surface area contributed by atoms with Crippen LogP contribution in [-0.2, 0) is 14.3 Å². The molecular formula is C26H27FN2O6S. The Morgan fingerprint density at radius 2 is 1.97 bits per heavy atom. The highest BCUT2D eigenvalue weighted by molar-refractivity contribution is 7.17. The third-order valence-corrected chi connectivity index (χ3v) is 6.69. The zero-order valence-corrected chi connectivity index (χ0v) is 20.9. The van der Waals surface area contributed by atoms with Gasteiger partial charge in [0.05, 0.1) is 37.3 Å². The van der Waals surface area contributed by atoms with Gasteiger partial charge in [0.15, 0.2) is 17.3 Å². The van der Waals surface area contributed by atoms with Gasteiger partial charge in [0.1, 0.15) is 11.9 Å². The third-order valence-electron chi connectivity index (χ3n) is 5.69. The predicted octanol–water partition coefficient (Wildman–Crippen LogP) is 4.35. The molecule has 2 aromatic carbocycles. The summed E-state index contributed by atoms with van der Waals surface area (Å²) < 4.78 is 36.1. The smallest absolute Gasteiger partial charge is 0.240 e. The quantitative estimate of drug-likeness (QED) is 0.219. The number of thiophene rings is 1. The van der Waals surface area contributed by atoms with Crippen LogP contribution in [-0.4, -0.2) is 57.5 Å². The van der Waals surface area contributed by atoms with Gasteiger partial charge in [0, 0.05) is 48.3 Å². The average molecular weight is 515 g/mol. The lowest BCUT2D eigenvalue weighted by Gasteiger charge is -2.27. The number of fused-ring (bicyclic) bond motifs is 1. The van der Waals surface area contributed by atoms with Crippen LogP contribution in [0.15, 0.2) is 46.9 Å². The van der Waals surface area contributed by atoms with Crippen LogP contribution in [0.2, 0.25) is 0 Å². The molecule has 1 aliphatic heterocycles. The molecule has 0 saturated carbocycles. The van der Waals surface area contributed by atoms with Gasteiger partial charge in [-0.1, -0.05) is 12.1 Å². The van der Waals surface area contributed by atoms with Crippen molar-refractivity contribution in [1.29, 1.82) is 0 Å². The normalized spacial score (nSPS) is 13.9. The molecule has 0 radical (unpaired) electrons. The number of hydrogen-bond donors (Lipinski definition) is 1. The fraction of sp³-hybridized carbons (Fsp3) is 0.346. The molecule has 3 aromatic rings. The van der Waals surface area contributed by atoms with Crippen LogP contribution in [0, 0.1) is 5.82 Å². The molecule has 1 fully saturated rings. The summed E-state index contributed by atoms with van der Waals surface area (Å²) in [4.78, 5) is 25.1. The molecule has 0 unspecified atom stereocenters. The minimum atomic E-state index is -0.402. The first-order chi connectivity index (χ1) is 17.5. The SMILES string of the molecule is COCC/C(=N\NC(=O)CCC(=O)c1ccc(OC2COC2)c(OC)c1)c1csc2c(F)cccc12. The Balaban J connectivity index is 1.38. The number of carbonyl (C=O) groups excluding carboxylic acids is 2. The molecule has 1 saturated heterocycles. The van der Waals surface area contributed by atoms with Crippen molar-refractivity contribution < 1.29 is 32.9 Å². The zero-order valence-electron chi connectivity index (χ0n) is 20.0. The molecule has 36 heavy (non-hydrogen) atoms. The maximum atomic E-state index is 14.1. The van der Waals surface area contributed by atoms with Gasteiger partial charge in [0.25, 0.3) is 0 Å². The molecule has 1 aliphatic rings. The molecule has 0 aliphatic carbocycles.